The number of ether oxygens (including phenoxy) is 3. The van der Waals surface area contributed by atoms with E-state index in [9.17, 15) is 81.3 Å². The van der Waals surface area contributed by atoms with E-state index >= 15 is 0 Å². The maximum absolute atomic E-state index is 13.2. The minimum Gasteiger partial charge on any atom is -0.458 e. The molecular formula is C37H52F6O18S3. The van der Waals surface area contributed by atoms with Crippen LogP contribution in [0.5, 0.6) is 0 Å². The van der Waals surface area contributed by atoms with E-state index in [0.29, 0.717) is 64.2 Å². The highest BCUT2D eigenvalue weighted by atomic mass is 32.2. The lowest BCUT2D eigenvalue weighted by Crippen LogP contribution is -2.58. The van der Waals surface area contributed by atoms with Gasteiger partial charge in [-0.05, 0) is 137 Å². The fourth-order valence-electron chi connectivity index (χ4n) is 13.0. The molecule has 368 valence electrons. The van der Waals surface area contributed by atoms with E-state index in [1.54, 1.807) is 0 Å². The van der Waals surface area contributed by atoms with Crippen LogP contribution in [0.25, 0.3) is 0 Å². The smallest absolute Gasteiger partial charge is 0.402 e. The van der Waals surface area contributed by atoms with Crippen LogP contribution in [0.4, 0.5) is 26.3 Å². The summed E-state index contributed by atoms with van der Waals surface area (Å²) >= 11 is 0. The van der Waals surface area contributed by atoms with E-state index < -0.39 is 112 Å². The zero-order chi connectivity index (χ0) is 47.9. The van der Waals surface area contributed by atoms with Gasteiger partial charge in [-0.3, -0.25) is 28.0 Å². The topological polar surface area (TPSA) is 303 Å². The molecule has 10 saturated carbocycles. The average Bonchev–Trinajstić information content (AvgIpc) is 3.73. The van der Waals surface area contributed by atoms with Gasteiger partial charge in [0.2, 0.25) is 0 Å². The van der Waals surface area contributed by atoms with Crippen LogP contribution in [0.3, 0.4) is 0 Å². The van der Waals surface area contributed by atoms with Gasteiger partial charge in [0.25, 0.3) is 0 Å². The van der Waals surface area contributed by atoms with Crippen molar-refractivity contribution in [1.82, 2.24) is 0 Å². The Morgan fingerprint density at radius 1 is 0.547 bits per heavy atom. The highest BCUT2D eigenvalue weighted by molar-refractivity contribution is 7.87. The van der Waals surface area contributed by atoms with Crippen LogP contribution in [0.2, 0.25) is 0 Å². The molecule has 18 nitrogen and oxygen atoms in total. The number of hydrogen-bond donors (Lipinski definition) is 6. The van der Waals surface area contributed by atoms with Crippen LogP contribution >= 0.6 is 0 Å². The van der Waals surface area contributed by atoms with Gasteiger partial charge in [-0.15, -0.1) is 0 Å². The van der Waals surface area contributed by atoms with Gasteiger partial charge in [0.05, 0.1) is 28.5 Å². The Morgan fingerprint density at radius 3 is 1.28 bits per heavy atom. The number of carbonyl (C=O) groups is 3. The van der Waals surface area contributed by atoms with E-state index in [0.717, 1.165) is 25.7 Å². The van der Waals surface area contributed by atoms with Crippen LogP contribution < -0.4 is 0 Å². The first-order valence-electron chi connectivity index (χ1n) is 20.6. The molecule has 10 aliphatic carbocycles. The van der Waals surface area contributed by atoms with E-state index in [-0.39, 0.29) is 54.0 Å². The summed E-state index contributed by atoms with van der Waals surface area (Å²) in [6.45, 7) is -5.13. The maximum atomic E-state index is 13.2. The molecule has 10 bridgehead atoms. The Hall–Kier alpha value is -2.40. The second kappa shape index (κ2) is 17.0. The molecule has 8 unspecified atom stereocenters. The summed E-state index contributed by atoms with van der Waals surface area (Å²) in [5, 5.41) is 16.2. The third-order valence-corrected chi connectivity index (χ3v) is 17.4. The highest BCUT2D eigenvalue weighted by Gasteiger charge is 2.63. The summed E-state index contributed by atoms with van der Waals surface area (Å²) < 4.78 is 180. The molecule has 6 N–H and O–H groups in total. The molecule has 0 spiro atoms. The third kappa shape index (κ3) is 10.2. The molecule has 0 aromatic carbocycles. The summed E-state index contributed by atoms with van der Waals surface area (Å²) in [5.41, 5.74) is -3.22. The van der Waals surface area contributed by atoms with Crippen molar-refractivity contribution in [1.29, 1.82) is 0 Å². The van der Waals surface area contributed by atoms with Crippen molar-refractivity contribution in [3.8, 4) is 0 Å². The monoisotopic (exact) mass is 994 g/mol. The predicted molar refractivity (Wildman–Crippen MR) is 201 cm³/mol. The van der Waals surface area contributed by atoms with Crippen LogP contribution in [-0.2, 0) is 58.9 Å². The van der Waals surface area contributed by atoms with Crippen LogP contribution in [-0.4, -0.2) is 126 Å². The van der Waals surface area contributed by atoms with Crippen molar-refractivity contribution in [2.45, 2.75) is 124 Å². The van der Waals surface area contributed by atoms with Gasteiger partial charge in [-0.2, -0.15) is 51.6 Å². The standard InChI is InChI=1S/C14H20F2O6S.C13H18F2O6S.C10H14F2O6S/c15-14(16,23(19,20)21)8-22-11(18)13-4-9-1-10(5-13)3-12(2-9,6-13)7-17;14-13(15,22(18,19)20)7-21-10(16)11-2-8-1-9(3-11)5-12(17,4-8)6-11;11-10(12,19(15,16)17)4-18-9(14)7-2-6-1-5(7)3-8(6)13/h9-10,17H,1-8H2,(H,19,20,21);8-9,17H,1-7H2,(H,18,19,20);5-8,13H,1-4H2,(H,15,16,17). The van der Waals surface area contributed by atoms with Crippen molar-refractivity contribution >= 4 is 48.3 Å². The molecule has 0 radical (unpaired) electrons. The van der Waals surface area contributed by atoms with Gasteiger partial charge in [0.15, 0.2) is 19.8 Å². The van der Waals surface area contributed by atoms with E-state index in [2.05, 4.69) is 14.2 Å². The quantitative estimate of drug-likeness (QED) is 0.0667. The van der Waals surface area contributed by atoms with Crippen molar-refractivity contribution in [3.63, 3.8) is 0 Å². The second-order valence-corrected chi connectivity index (χ2v) is 24.5. The molecule has 10 fully saturated rings. The van der Waals surface area contributed by atoms with Gasteiger partial charge in [-0.1, -0.05) is 0 Å². The lowest BCUT2D eigenvalue weighted by atomic mass is 9.44. The molecule has 27 heteroatoms. The second-order valence-electron chi connectivity index (χ2n) is 19.9. The van der Waals surface area contributed by atoms with Gasteiger partial charge in [0, 0.05) is 6.61 Å². The first-order valence-corrected chi connectivity index (χ1v) is 25.0. The first-order chi connectivity index (χ1) is 29.1. The Morgan fingerprint density at radius 2 is 0.938 bits per heavy atom. The van der Waals surface area contributed by atoms with Crippen molar-refractivity contribution in [2.24, 2.45) is 57.7 Å². The van der Waals surface area contributed by atoms with Gasteiger partial charge in [-0.25, -0.2) is 0 Å². The number of fused-ring (bicyclic) bond motifs is 2. The molecular weight excluding hydrogens is 943 g/mol. The summed E-state index contributed by atoms with van der Waals surface area (Å²) in [6, 6.07) is 0. The molecule has 8 atom stereocenters. The maximum Gasteiger partial charge on any atom is 0.402 e. The Balaban J connectivity index is 0.000000160. The molecule has 10 aliphatic rings. The molecule has 0 amide bonds. The Bertz CT molecular complexity index is 2140. The zero-order valence-corrected chi connectivity index (χ0v) is 36.6. The predicted octanol–water partition coefficient (Wildman–Crippen LogP) is 3.35. The third-order valence-electron chi connectivity index (χ3n) is 14.8. The number of aliphatic hydroxyl groups is 3. The minimum atomic E-state index is -5.63. The molecule has 10 rings (SSSR count). The van der Waals surface area contributed by atoms with E-state index in [1.165, 1.54) is 0 Å². The van der Waals surface area contributed by atoms with Crippen molar-refractivity contribution in [2.75, 3.05) is 26.4 Å². The van der Waals surface area contributed by atoms with Gasteiger partial charge < -0.3 is 29.5 Å². The summed E-state index contributed by atoms with van der Waals surface area (Å²) in [6.07, 6.45) is 8.31. The molecule has 0 aliphatic heterocycles. The van der Waals surface area contributed by atoms with E-state index in [4.69, 9.17) is 13.7 Å². The SMILES string of the molecule is O=C(OCC(F)(F)S(=O)(=O)O)C12CC3CC(CC(CO)(C3)C1)C2.O=C(OCC(F)(F)S(=O)(=O)O)C12CC3CC(CC(O)(C3)C1)C2.O=C(OCC(F)(F)S(=O)(=O)O)C1CC2CC1CC2O. The van der Waals surface area contributed by atoms with Crippen molar-refractivity contribution in [3.05, 3.63) is 0 Å². The molecule has 0 saturated heterocycles. The Labute approximate surface area is 364 Å². The average molecular weight is 995 g/mol. The molecule has 0 aromatic rings. The summed E-state index contributed by atoms with van der Waals surface area (Å²) in [7, 11) is -16.8. The Kier molecular flexibility index (Phi) is 13.5. The van der Waals surface area contributed by atoms with Crippen LogP contribution in [0.1, 0.15) is 96.3 Å². The van der Waals surface area contributed by atoms with Crippen molar-refractivity contribution < 1.29 is 109 Å². The number of aliphatic hydroxyl groups excluding tert-OH is 2. The number of halogens is 6. The fourth-order valence-corrected chi connectivity index (χ4v) is 13.6. The van der Waals surface area contributed by atoms with Gasteiger partial charge in [0.1, 0.15) is 0 Å². The highest BCUT2D eigenvalue weighted by Crippen LogP contribution is 2.66. The van der Waals surface area contributed by atoms with Crippen LogP contribution in [0.15, 0.2) is 0 Å². The largest absolute Gasteiger partial charge is 0.458 e. The number of alkyl halides is 6. The number of esters is 3. The van der Waals surface area contributed by atoms with Crippen LogP contribution in [0, 0.1) is 57.7 Å². The van der Waals surface area contributed by atoms with Gasteiger partial charge >= 0.3 is 64.0 Å². The number of hydrogen-bond acceptors (Lipinski definition) is 15. The molecule has 0 aromatic heterocycles. The molecule has 0 heterocycles. The molecule has 64 heavy (non-hydrogen) atoms. The zero-order valence-electron chi connectivity index (χ0n) is 34.1. The number of rotatable bonds is 13. The minimum absolute atomic E-state index is 0.0235. The lowest BCUT2D eigenvalue weighted by Gasteiger charge is -2.60. The normalized spacial score (nSPS) is 38.4. The first kappa shape index (κ1) is 51.0. The lowest BCUT2D eigenvalue weighted by molar-refractivity contribution is -0.199. The van der Waals surface area contributed by atoms with E-state index in [1.807, 2.05) is 0 Å². The summed E-state index contributed by atoms with van der Waals surface area (Å²) in [5.74, 6) is -2.49. The fraction of sp³-hybridized carbons (Fsp3) is 0.919. The number of carbonyl (C=O) groups excluding carboxylic acids is 3. The summed E-state index contributed by atoms with van der Waals surface area (Å²) in [4.78, 5) is 36.3.